The van der Waals surface area contributed by atoms with Gasteiger partial charge in [-0.3, -0.25) is 14.9 Å². The average molecular weight is 446 g/mol. The molecule has 4 aliphatic rings. The summed E-state index contributed by atoms with van der Waals surface area (Å²) >= 11 is 1.84. The van der Waals surface area contributed by atoms with Crippen LogP contribution in [-0.2, 0) is 16.1 Å². The Labute approximate surface area is 187 Å². The van der Waals surface area contributed by atoms with Crippen molar-refractivity contribution in [2.45, 2.75) is 62.4 Å². The quantitative estimate of drug-likeness (QED) is 0.742. The van der Waals surface area contributed by atoms with Gasteiger partial charge in [0, 0.05) is 31.3 Å². The molecule has 2 N–H and O–H groups in total. The number of hydrogen-bond donors (Lipinski definition) is 2. The van der Waals surface area contributed by atoms with Crippen LogP contribution in [-0.4, -0.2) is 53.3 Å². The number of ether oxygens (including phenoxy) is 2. The van der Waals surface area contributed by atoms with Crippen LogP contribution < -0.4 is 20.1 Å². The van der Waals surface area contributed by atoms with Gasteiger partial charge < -0.3 is 19.7 Å². The summed E-state index contributed by atoms with van der Waals surface area (Å²) in [4.78, 5) is 27.6. The Kier molecular flexibility index (Phi) is 6.01. The summed E-state index contributed by atoms with van der Waals surface area (Å²) in [6.07, 6.45) is 7.57. The lowest BCUT2D eigenvalue weighted by Gasteiger charge is -2.40. The van der Waals surface area contributed by atoms with Crippen molar-refractivity contribution in [1.82, 2.24) is 15.5 Å². The third-order valence-corrected chi connectivity index (χ3v) is 8.60. The first-order valence-corrected chi connectivity index (χ1v) is 12.5. The molecule has 1 aliphatic carbocycles. The highest BCUT2D eigenvalue weighted by Gasteiger charge is 2.45. The summed E-state index contributed by atoms with van der Waals surface area (Å²) in [6.45, 7) is 2.30. The topological polar surface area (TPSA) is 79.9 Å². The first-order chi connectivity index (χ1) is 15.1. The number of nitrogens with zero attached hydrogens (tertiary/aromatic N) is 1. The molecule has 0 aromatic heterocycles. The van der Waals surface area contributed by atoms with E-state index in [0.717, 1.165) is 61.6 Å². The second-order valence-corrected chi connectivity index (χ2v) is 10.5. The lowest BCUT2D eigenvalue weighted by Crippen LogP contribution is -2.55. The number of likely N-dealkylation sites (tertiary alicyclic amines) is 1. The predicted octanol–water partition coefficient (Wildman–Crippen LogP) is 2.64. The van der Waals surface area contributed by atoms with Crippen LogP contribution in [0.2, 0.25) is 0 Å². The van der Waals surface area contributed by atoms with E-state index >= 15 is 0 Å². The maximum atomic E-state index is 12.8. The van der Waals surface area contributed by atoms with Crippen LogP contribution in [0.5, 0.6) is 11.5 Å². The molecule has 1 aromatic rings. The minimum atomic E-state index is -0.195. The van der Waals surface area contributed by atoms with E-state index in [1.807, 2.05) is 30.0 Å². The van der Waals surface area contributed by atoms with Crippen molar-refractivity contribution in [3.05, 3.63) is 23.8 Å². The third-order valence-electron chi connectivity index (χ3n) is 7.02. The van der Waals surface area contributed by atoms with Crippen LogP contribution in [0, 0.1) is 5.92 Å². The molecule has 1 unspecified atom stereocenters. The summed E-state index contributed by atoms with van der Waals surface area (Å²) in [5, 5.41) is 6.64. The van der Waals surface area contributed by atoms with Gasteiger partial charge in [-0.05, 0) is 43.4 Å². The number of amides is 2. The maximum Gasteiger partial charge on any atom is 0.238 e. The molecule has 3 aliphatic heterocycles. The van der Waals surface area contributed by atoms with E-state index in [1.54, 1.807) is 0 Å². The van der Waals surface area contributed by atoms with E-state index in [2.05, 4.69) is 15.5 Å². The van der Waals surface area contributed by atoms with E-state index in [0.29, 0.717) is 12.5 Å². The number of benzene rings is 1. The number of nitrogens with one attached hydrogen (secondary N) is 2. The zero-order valence-electron chi connectivity index (χ0n) is 17.9. The van der Waals surface area contributed by atoms with Gasteiger partial charge in [-0.25, -0.2) is 0 Å². The molecule has 3 fully saturated rings. The Morgan fingerprint density at radius 3 is 2.71 bits per heavy atom. The molecule has 31 heavy (non-hydrogen) atoms. The Balaban J connectivity index is 1.10. The highest BCUT2D eigenvalue weighted by atomic mass is 32.2. The number of thioether (sulfide) groups is 1. The first kappa shape index (κ1) is 20.9. The average Bonchev–Trinajstić information content (AvgIpc) is 3.45. The first-order valence-electron chi connectivity index (χ1n) is 11.5. The van der Waals surface area contributed by atoms with Crippen molar-refractivity contribution in [1.29, 1.82) is 0 Å². The number of carbonyl (C=O) groups is 2. The standard InChI is InChI=1S/C23H31N3O4S/c27-21(24-13-16-6-7-19-20(12-16)30-15-29-19)18-14-31-23(25-18)8-10-26(11-9-23)22(28)17-4-2-1-3-5-17/h6-7,12,17-18,25H,1-5,8-11,13-15H2,(H,24,27). The second kappa shape index (κ2) is 8.90. The Morgan fingerprint density at radius 1 is 1.13 bits per heavy atom. The monoisotopic (exact) mass is 445 g/mol. The van der Waals surface area contributed by atoms with Crippen LogP contribution in [0.4, 0.5) is 0 Å². The molecule has 3 heterocycles. The molecule has 2 saturated heterocycles. The fourth-order valence-electron chi connectivity index (χ4n) is 5.13. The van der Waals surface area contributed by atoms with Crippen molar-refractivity contribution in [3.8, 4) is 11.5 Å². The number of hydrogen-bond acceptors (Lipinski definition) is 6. The van der Waals surface area contributed by atoms with Crippen molar-refractivity contribution in [3.63, 3.8) is 0 Å². The molecule has 8 heteroatoms. The molecule has 5 rings (SSSR count). The summed E-state index contributed by atoms with van der Waals surface area (Å²) in [7, 11) is 0. The van der Waals surface area contributed by atoms with Gasteiger partial charge in [0.1, 0.15) is 0 Å². The van der Waals surface area contributed by atoms with Crippen LogP contribution in [0.3, 0.4) is 0 Å². The Hall–Kier alpha value is -1.93. The second-order valence-electron chi connectivity index (χ2n) is 9.07. The zero-order valence-corrected chi connectivity index (χ0v) is 18.7. The zero-order chi connectivity index (χ0) is 21.3. The lowest BCUT2D eigenvalue weighted by atomic mass is 9.87. The molecular weight excluding hydrogens is 414 g/mol. The number of fused-ring (bicyclic) bond motifs is 1. The van der Waals surface area contributed by atoms with Gasteiger partial charge in [-0.2, -0.15) is 0 Å². The van der Waals surface area contributed by atoms with Gasteiger partial charge in [0.05, 0.1) is 10.9 Å². The van der Waals surface area contributed by atoms with Gasteiger partial charge in [-0.1, -0.05) is 25.3 Å². The lowest BCUT2D eigenvalue weighted by molar-refractivity contribution is -0.138. The highest BCUT2D eigenvalue weighted by Crippen LogP contribution is 2.40. The van der Waals surface area contributed by atoms with Gasteiger partial charge in [-0.15, -0.1) is 11.8 Å². The molecular formula is C23H31N3O4S. The van der Waals surface area contributed by atoms with E-state index in [-0.39, 0.29) is 29.5 Å². The summed E-state index contributed by atoms with van der Waals surface area (Å²) in [6, 6.07) is 5.55. The fraction of sp³-hybridized carbons (Fsp3) is 0.652. The number of piperidine rings is 1. The van der Waals surface area contributed by atoms with Crippen molar-refractivity contribution < 1.29 is 19.1 Å². The van der Waals surface area contributed by atoms with E-state index in [1.165, 1.54) is 19.3 Å². The highest BCUT2D eigenvalue weighted by molar-refractivity contribution is 8.01. The van der Waals surface area contributed by atoms with Crippen molar-refractivity contribution in [2.75, 3.05) is 25.6 Å². The molecule has 7 nitrogen and oxygen atoms in total. The van der Waals surface area contributed by atoms with Gasteiger partial charge in [0.25, 0.3) is 0 Å². The number of carbonyl (C=O) groups excluding carboxylic acids is 2. The van der Waals surface area contributed by atoms with Gasteiger partial charge >= 0.3 is 0 Å². The van der Waals surface area contributed by atoms with Crippen LogP contribution >= 0.6 is 11.8 Å². The molecule has 1 spiro atoms. The minimum absolute atomic E-state index is 0.0303. The van der Waals surface area contributed by atoms with E-state index in [9.17, 15) is 9.59 Å². The van der Waals surface area contributed by atoms with E-state index in [4.69, 9.17) is 9.47 Å². The van der Waals surface area contributed by atoms with Crippen LogP contribution in [0.1, 0.15) is 50.5 Å². The SMILES string of the molecule is O=C(NCc1ccc2c(c1)OCO2)C1CSC2(CCN(C(=O)C3CCCCC3)CC2)N1. The third kappa shape index (κ3) is 4.51. The molecule has 168 valence electrons. The van der Waals surface area contributed by atoms with Gasteiger partial charge in [0.2, 0.25) is 18.6 Å². The van der Waals surface area contributed by atoms with Crippen LogP contribution in [0.25, 0.3) is 0 Å². The largest absolute Gasteiger partial charge is 0.454 e. The predicted molar refractivity (Wildman–Crippen MR) is 119 cm³/mol. The summed E-state index contributed by atoms with van der Waals surface area (Å²) in [5.74, 6) is 2.87. The Morgan fingerprint density at radius 2 is 1.90 bits per heavy atom. The van der Waals surface area contributed by atoms with Crippen molar-refractivity contribution >= 4 is 23.6 Å². The van der Waals surface area contributed by atoms with Gasteiger partial charge in [0.15, 0.2) is 11.5 Å². The summed E-state index contributed by atoms with van der Waals surface area (Å²) in [5.41, 5.74) is 0.993. The normalized spacial score (nSPS) is 25.0. The molecule has 1 atom stereocenters. The molecule has 0 radical (unpaired) electrons. The molecule has 1 saturated carbocycles. The molecule has 1 aromatic carbocycles. The Bertz CT molecular complexity index is 834. The van der Waals surface area contributed by atoms with Crippen molar-refractivity contribution in [2.24, 2.45) is 5.92 Å². The number of rotatable bonds is 4. The van der Waals surface area contributed by atoms with Crippen LogP contribution in [0.15, 0.2) is 18.2 Å². The van der Waals surface area contributed by atoms with E-state index < -0.39 is 0 Å². The molecule has 0 bridgehead atoms. The fourth-order valence-corrected chi connectivity index (χ4v) is 6.55. The smallest absolute Gasteiger partial charge is 0.238 e. The summed E-state index contributed by atoms with van der Waals surface area (Å²) < 4.78 is 10.7. The minimum Gasteiger partial charge on any atom is -0.454 e. The maximum absolute atomic E-state index is 12.8. The molecule has 2 amide bonds.